The van der Waals surface area contributed by atoms with Gasteiger partial charge in [0.25, 0.3) is 0 Å². The lowest BCUT2D eigenvalue weighted by Gasteiger charge is -2.35. The first-order chi connectivity index (χ1) is 8.64. The Bertz CT molecular complexity index is 298. The number of thioether (sulfide) groups is 1. The highest BCUT2D eigenvalue weighted by Crippen LogP contribution is 2.27. The molecule has 2 aliphatic rings. The molecular weight excluding hydrogens is 284 g/mol. The van der Waals surface area contributed by atoms with E-state index in [1.807, 2.05) is 11.8 Å². The number of amides is 1. The molecule has 1 amide bonds. The molecule has 1 aliphatic heterocycles. The number of ether oxygens (including phenoxy) is 1. The molecule has 0 aromatic rings. The van der Waals surface area contributed by atoms with Gasteiger partial charge in [0.05, 0.1) is 5.54 Å². The molecule has 0 bridgehead atoms. The molecule has 1 saturated heterocycles. The van der Waals surface area contributed by atoms with Crippen molar-refractivity contribution in [1.29, 1.82) is 0 Å². The van der Waals surface area contributed by atoms with Crippen LogP contribution in [0, 0.1) is 0 Å². The van der Waals surface area contributed by atoms with Crippen LogP contribution < -0.4 is 11.1 Å². The van der Waals surface area contributed by atoms with Crippen LogP contribution in [-0.4, -0.2) is 42.2 Å². The van der Waals surface area contributed by atoms with Crippen LogP contribution in [0.4, 0.5) is 0 Å². The molecule has 3 N–H and O–H groups in total. The minimum Gasteiger partial charge on any atom is -0.381 e. The largest absolute Gasteiger partial charge is 0.381 e. The average Bonchev–Trinajstić information content (AvgIpc) is 2.40. The predicted molar refractivity (Wildman–Crippen MR) is 81.9 cm³/mol. The SMILES string of the molecule is CSC1CCCC(NC(=O)C2(N)CCOCC2)C1.Cl. The molecular formula is C13H25ClN2O2S. The second-order valence-corrected chi connectivity index (χ2v) is 6.60. The summed E-state index contributed by atoms with van der Waals surface area (Å²) in [6.45, 7) is 1.20. The van der Waals surface area contributed by atoms with E-state index in [0.29, 0.717) is 37.3 Å². The lowest BCUT2D eigenvalue weighted by molar-refractivity contribution is -0.130. The lowest BCUT2D eigenvalue weighted by atomic mass is 9.88. The first-order valence-electron chi connectivity index (χ1n) is 6.84. The minimum absolute atomic E-state index is 0. The van der Waals surface area contributed by atoms with E-state index < -0.39 is 5.54 Å². The van der Waals surface area contributed by atoms with Gasteiger partial charge in [-0.2, -0.15) is 11.8 Å². The van der Waals surface area contributed by atoms with Gasteiger partial charge in [0, 0.05) is 24.5 Å². The highest BCUT2D eigenvalue weighted by molar-refractivity contribution is 7.99. The van der Waals surface area contributed by atoms with Crippen LogP contribution in [0.5, 0.6) is 0 Å². The van der Waals surface area contributed by atoms with Crippen molar-refractivity contribution in [3.8, 4) is 0 Å². The lowest BCUT2D eigenvalue weighted by Crippen LogP contribution is -2.59. The van der Waals surface area contributed by atoms with Crippen molar-refractivity contribution in [3.05, 3.63) is 0 Å². The number of halogens is 1. The second kappa shape index (κ2) is 7.72. The third-order valence-corrected chi connectivity index (χ3v) is 5.23. The Hall–Kier alpha value is 0.0300. The molecule has 0 spiro atoms. The normalized spacial score (nSPS) is 30.2. The van der Waals surface area contributed by atoms with Crippen molar-refractivity contribution < 1.29 is 9.53 Å². The van der Waals surface area contributed by atoms with Gasteiger partial charge in [-0.1, -0.05) is 6.42 Å². The molecule has 2 fully saturated rings. The molecule has 2 unspecified atom stereocenters. The van der Waals surface area contributed by atoms with Crippen LogP contribution >= 0.6 is 24.2 Å². The summed E-state index contributed by atoms with van der Waals surface area (Å²) in [6.07, 6.45) is 8.08. The van der Waals surface area contributed by atoms with E-state index in [1.165, 1.54) is 12.8 Å². The summed E-state index contributed by atoms with van der Waals surface area (Å²) in [4.78, 5) is 12.3. The maximum atomic E-state index is 12.3. The molecule has 2 atom stereocenters. The predicted octanol–water partition coefficient (Wildman–Crippen LogP) is 1.71. The Balaban J connectivity index is 0.00000180. The number of hydrogen-bond acceptors (Lipinski definition) is 4. The van der Waals surface area contributed by atoms with E-state index in [0.717, 1.165) is 12.8 Å². The topological polar surface area (TPSA) is 64.4 Å². The number of carbonyl (C=O) groups is 1. The highest BCUT2D eigenvalue weighted by atomic mass is 35.5. The Morgan fingerprint density at radius 2 is 2.05 bits per heavy atom. The van der Waals surface area contributed by atoms with E-state index >= 15 is 0 Å². The van der Waals surface area contributed by atoms with Crippen molar-refractivity contribution in [2.75, 3.05) is 19.5 Å². The Morgan fingerprint density at radius 1 is 1.37 bits per heavy atom. The Kier molecular flexibility index (Phi) is 6.94. The van der Waals surface area contributed by atoms with Gasteiger partial charge in [0.1, 0.15) is 0 Å². The molecule has 2 rings (SSSR count). The van der Waals surface area contributed by atoms with E-state index in [-0.39, 0.29) is 18.3 Å². The molecule has 1 heterocycles. The molecule has 1 aliphatic carbocycles. The second-order valence-electron chi connectivity index (χ2n) is 5.46. The zero-order valence-corrected chi connectivity index (χ0v) is 13.2. The van der Waals surface area contributed by atoms with E-state index in [4.69, 9.17) is 10.5 Å². The minimum atomic E-state index is -0.704. The third-order valence-electron chi connectivity index (χ3n) is 4.13. The summed E-state index contributed by atoms with van der Waals surface area (Å²) in [7, 11) is 0. The summed E-state index contributed by atoms with van der Waals surface area (Å²) in [5.41, 5.74) is 5.49. The van der Waals surface area contributed by atoms with Crippen molar-refractivity contribution >= 4 is 30.1 Å². The van der Waals surface area contributed by atoms with Crippen molar-refractivity contribution in [2.24, 2.45) is 5.73 Å². The van der Waals surface area contributed by atoms with E-state index in [9.17, 15) is 4.79 Å². The quantitative estimate of drug-likeness (QED) is 0.833. The maximum absolute atomic E-state index is 12.3. The average molecular weight is 309 g/mol. The fourth-order valence-corrected chi connectivity index (χ4v) is 3.61. The molecule has 0 radical (unpaired) electrons. The van der Waals surface area contributed by atoms with Crippen molar-refractivity contribution in [3.63, 3.8) is 0 Å². The molecule has 112 valence electrons. The van der Waals surface area contributed by atoms with Crippen LogP contribution in [0.1, 0.15) is 38.5 Å². The number of hydrogen-bond donors (Lipinski definition) is 2. The first kappa shape index (κ1) is 17.1. The fourth-order valence-electron chi connectivity index (χ4n) is 2.78. The van der Waals surface area contributed by atoms with E-state index in [2.05, 4.69) is 11.6 Å². The number of nitrogens with one attached hydrogen (secondary N) is 1. The number of rotatable bonds is 3. The molecule has 19 heavy (non-hydrogen) atoms. The third kappa shape index (κ3) is 4.52. The monoisotopic (exact) mass is 308 g/mol. The molecule has 0 aromatic carbocycles. The molecule has 4 nitrogen and oxygen atoms in total. The summed E-state index contributed by atoms with van der Waals surface area (Å²) in [6, 6.07) is 0.312. The summed E-state index contributed by atoms with van der Waals surface area (Å²) >= 11 is 1.91. The van der Waals surface area contributed by atoms with Crippen LogP contribution in [0.15, 0.2) is 0 Å². The van der Waals surface area contributed by atoms with Gasteiger partial charge in [-0.25, -0.2) is 0 Å². The zero-order chi connectivity index (χ0) is 13.0. The summed E-state index contributed by atoms with van der Waals surface area (Å²) < 4.78 is 5.28. The van der Waals surface area contributed by atoms with Crippen LogP contribution in [0.25, 0.3) is 0 Å². The standard InChI is InChI=1S/C13H24N2O2S.ClH/c1-18-11-4-2-3-10(9-11)15-12(16)13(14)5-7-17-8-6-13;/h10-11H,2-9,14H2,1H3,(H,15,16);1H. The van der Waals surface area contributed by atoms with Crippen LogP contribution in [-0.2, 0) is 9.53 Å². The first-order valence-corrected chi connectivity index (χ1v) is 8.13. The van der Waals surface area contributed by atoms with Crippen LogP contribution in [0.2, 0.25) is 0 Å². The highest BCUT2D eigenvalue weighted by Gasteiger charge is 2.37. The zero-order valence-electron chi connectivity index (χ0n) is 11.5. The van der Waals surface area contributed by atoms with Gasteiger partial charge in [0.15, 0.2) is 0 Å². The maximum Gasteiger partial charge on any atom is 0.240 e. The molecule has 1 saturated carbocycles. The van der Waals surface area contributed by atoms with Crippen LogP contribution in [0.3, 0.4) is 0 Å². The number of carbonyl (C=O) groups excluding carboxylic acids is 1. The fraction of sp³-hybridized carbons (Fsp3) is 0.923. The van der Waals surface area contributed by atoms with E-state index in [1.54, 1.807) is 0 Å². The van der Waals surface area contributed by atoms with Crippen molar-refractivity contribution in [1.82, 2.24) is 5.32 Å². The number of nitrogens with two attached hydrogens (primary N) is 1. The summed E-state index contributed by atoms with van der Waals surface area (Å²) in [5.74, 6) is 0.0255. The Morgan fingerprint density at radius 3 is 2.68 bits per heavy atom. The van der Waals surface area contributed by atoms with Gasteiger partial charge in [-0.05, 0) is 38.4 Å². The van der Waals surface area contributed by atoms with Gasteiger partial charge in [0.2, 0.25) is 5.91 Å². The van der Waals surface area contributed by atoms with Crippen molar-refractivity contribution in [2.45, 2.75) is 55.4 Å². The van der Waals surface area contributed by atoms with Gasteiger partial charge < -0.3 is 15.8 Å². The van der Waals surface area contributed by atoms with Gasteiger partial charge in [-0.15, -0.1) is 12.4 Å². The smallest absolute Gasteiger partial charge is 0.240 e. The Labute approximate surface area is 126 Å². The van der Waals surface area contributed by atoms with Gasteiger partial charge >= 0.3 is 0 Å². The molecule has 6 heteroatoms. The van der Waals surface area contributed by atoms with Gasteiger partial charge in [-0.3, -0.25) is 4.79 Å². The molecule has 0 aromatic heterocycles. The summed E-state index contributed by atoms with van der Waals surface area (Å²) in [5, 5.41) is 3.85.